The molecule has 204 valence electrons. The molecule has 7 nitrogen and oxygen atoms in total. The summed E-state index contributed by atoms with van der Waals surface area (Å²) < 4.78 is 40.5. The summed E-state index contributed by atoms with van der Waals surface area (Å²) >= 11 is 1.70. The van der Waals surface area contributed by atoms with Gasteiger partial charge < -0.3 is 11.1 Å². The molecule has 2 aliphatic heterocycles. The number of rotatable bonds is 7. The Kier molecular flexibility index (Phi) is 6.76. The Balaban J connectivity index is 1.05. The molecule has 2 fully saturated rings. The highest BCUT2D eigenvalue weighted by Gasteiger charge is 2.59. The van der Waals surface area contributed by atoms with E-state index >= 15 is 0 Å². The fourth-order valence-corrected chi connectivity index (χ4v) is 6.35. The van der Waals surface area contributed by atoms with Gasteiger partial charge in [-0.3, -0.25) is 9.69 Å². The maximum atomic E-state index is 13.0. The van der Waals surface area contributed by atoms with Crippen LogP contribution in [-0.4, -0.2) is 52.4 Å². The van der Waals surface area contributed by atoms with Gasteiger partial charge in [0.05, 0.1) is 11.0 Å². The first-order valence-corrected chi connectivity index (χ1v) is 13.9. The van der Waals surface area contributed by atoms with Gasteiger partial charge in [-0.15, -0.1) is 0 Å². The summed E-state index contributed by atoms with van der Waals surface area (Å²) in [6.07, 6.45) is 1.81. The van der Waals surface area contributed by atoms with E-state index in [2.05, 4.69) is 49.9 Å². The minimum atomic E-state index is -4.38. The summed E-state index contributed by atoms with van der Waals surface area (Å²) in [5.41, 5.74) is 7.68. The minimum absolute atomic E-state index is 0.133. The molecule has 1 saturated carbocycles. The predicted molar refractivity (Wildman–Crippen MR) is 145 cm³/mol. The number of piperidine rings is 1. The van der Waals surface area contributed by atoms with Crippen LogP contribution in [0.4, 0.5) is 24.8 Å². The maximum Gasteiger partial charge on any atom is 0.417 e. The van der Waals surface area contributed by atoms with E-state index in [0.29, 0.717) is 18.9 Å². The number of aromatic nitrogens is 2. The SMILES string of the molecule is NCCN1C(=O)C2(CC2)c2cc(-c3ccc(SN4CCC(Nc5ccc(C(F)(F)F)cn5)CC4)cc3)cnc21. The first-order valence-electron chi connectivity index (χ1n) is 13.1. The highest BCUT2D eigenvalue weighted by Crippen LogP contribution is 2.57. The van der Waals surface area contributed by atoms with Crippen LogP contribution in [0.3, 0.4) is 0 Å². The van der Waals surface area contributed by atoms with Crippen molar-refractivity contribution in [2.75, 3.05) is 36.4 Å². The molecule has 3 aromatic rings. The number of nitrogens with one attached hydrogen (secondary N) is 1. The highest BCUT2D eigenvalue weighted by molar-refractivity contribution is 7.97. The number of nitrogens with zero attached hydrogens (tertiary/aromatic N) is 4. The average molecular weight is 555 g/mol. The summed E-state index contributed by atoms with van der Waals surface area (Å²) in [7, 11) is 0. The monoisotopic (exact) mass is 554 g/mol. The lowest BCUT2D eigenvalue weighted by Crippen LogP contribution is -2.36. The summed E-state index contributed by atoms with van der Waals surface area (Å²) in [5, 5.41) is 3.26. The molecule has 1 amide bonds. The molecule has 0 bridgehead atoms. The molecule has 6 rings (SSSR count). The van der Waals surface area contributed by atoms with Crippen LogP contribution in [0.2, 0.25) is 0 Å². The number of carbonyl (C=O) groups is 1. The average Bonchev–Trinajstić information content (AvgIpc) is 3.71. The second-order valence-electron chi connectivity index (χ2n) is 10.3. The van der Waals surface area contributed by atoms with Gasteiger partial charge in [-0.1, -0.05) is 12.1 Å². The van der Waals surface area contributed by atoms with E-state index in [1.807, 2.05) is 6.20 Å². The lowest BCUT2D eigenvalue weighted by molar-refractivity contribution is -0.137. The molecule has 3 aliphatic rings. The Labute approximate surface area is 229 Å². The van der Waals surface area contributed by atoms with Crippen molar-refractivity contribution in [1.82, 2.24) is 14.3 Å². The summed E-state index contributed by atoms with van der Waals surface area (Å²) in [6.45, 7) is 2.61. The number of pyridine rings is 2. The topological polar surface area (TPSA) is 87.4 Å². The van der Waals surface area contributed by atoms with Gasteiger partial charge in [0.15, 0.2) is 0 Å². The lowest BCUT2D eigenvalue weighted by atomic mass is 9.96. The van der Waals surface area contributed by atoms with Crippen molar-refractivity contribution in [2.45, 2.75) is 48.2 Å². The van der Waals surface area contributed by atoms with Crippen LogP contribution in [0.1, 0.15) is 36.8 Å². The number of carbonyl (C=O) groups excluding carboxylic acids is 1. The van der Waals surface area contributed by atoms with E-state index in [1.54, 1.807) is 16.8 Å². The smallest absolute Gasteiger partial charge is 0.367 e. The number of nitrogens with two attached hydrogens (primary N) is 1. The molecular weight excluding hydrogens is 525 g/mol. The number of hydrogen-bond donors (Lipinski definition) is 2. The van der Waals surface area contributed by atoms with Crippen LogP contribution in [0.15, 0.2) is 59.8 Å². The number of hydrogen-bond acceptors (Lipinski definition) is 7. The predicted octanol–water partition coefficient (Wildman–Crippen LogP) is 5.08. The van der Waals surface area contributed by atoms with Crippen molar-refractivity contribution < 1.29 is 18.0 Å². The molecule has 39 heavy (non-hydrogen) atoms. The van der Waals surface area contributed by atoms with Crippen LogP contribution in [0, 0.1) is 0 Å². The molecule has 0 atom stereocenters. The van der Waals surface area contributed by atoms with Crippen LogP contribution >= 0.6 is 11.9 Å². The molecule has 11 heteroatoms. The molecule has 3 N–H and O–H groups in total. The van der Waals surface area contributed by atoms with Crippen LogP contribution in [0.5, 0.6) is 0 Å². The number of alkyl halides is 3. The Bertz CT molecular complexity index is 1350. The van der Waals surface area contributed by atoms with Crippen molar-refractivity contribution in [1.29, 1.82) is 0 Å². The molecule has 1 aliphatic carbocycles. The quantitative estimate of drug-likeness (QED) is 0.394. The third-order valence-electron chi connectivity index (χ3n) is 7.71. The zero-order valence-corrected chi connectivity index (χ0v) is 22.1. The van der Waals surface area contributed by atoms with Gasteiger partial charge in [0.1, 0.15) is 11.6 Å². The van der Waals surface area contributed by atoms with Gasteiger partial charge in [-0.2, -0.15) is 13.2 Å². The second kappa shape index (κ2) is 10.1. The first kappa shape index (κ1) is 26.1. The number of fused-ring (bicyclic) bond motifs is 2. The van der Waals surface area contributed by atoms with E-state index in [9.17, 15) is 18.0 Å². The Morgan fingerprint density at radius 3 is 2.38 bits per heavy atom. The van der Waals surface area contributed by atoms with E-state index in [4.69, 9.17) is 5.73 Å². The molecule has 0 unspecified atom stereocenters. The van der Waals surface area contributed by atoms with Crippen molar-refractivity contribution >= 4 is 29.5 Å². The fraction of sp³-hybridized carbons (Fsp3) is 0.393. The van der Waals surface area contributed by atoms with Crippen molar-refractivity contribution in [3.05, 3.63) is 66.0 Å². The van der Waals surface area contributed by atoms with Crippen LogP contribution < -0.4 is 16.0 Å². The standard InChI is InChI=1S/C28H29F3N6OS/c29-28(30,31)20-3-6-24(33-17-20)35-21-7-12-36(13-8-21)39-22-4-1-18(2-5-22)19-15-23-25(34-16-19)37(14-11-32)26(38)27(23)9-10-27/h1-6,15-17,21H,7-14,32H2,(H,33,35). The van der Waals surface area contributed by atoms with Crippen molar-refractivity contribution in [3.63, 3.8) is 0 Å². The normalized spacial score (nSPS) is 19.0. The highest BCUT2D eigenvalue weighted by atomic mass is 32.2. The van der Waals surface area contributed by atoms with E-state index in [0.717, 1.165) is 78.4 Å². The number of amides is 1. The van der Waals surface area contributed by atoms with Gasteiger partial charge in [-0.25, -0.2) is 14.3 Å². The minimum Gasteiger partial charge on any atom is -0.367 e. The Morgan fingerprint density at radius 2 is 1.77 bits per heavy atom. The maximum absolute atomic E-state index is 13.0. The van der Waals surface area contributed by atoms with Gasteiger partial charge in [0.2, 0.25) is 5.91 Å². The third kappa shape index (κ3) is 5.10. The lowest BCUT2D eigenvalue weighted by Gasteiger charge is -2.31. The fourth-order valence-electron chi connectivity index (χ4n) is 5.40. The van der Waals surface area contributed by atoms with Crippen LogP contribution in [-0.2, 0) is 16.4 Å². The Morgan fingerprint density at radius 1 is 1.03 bits per heavy atom. The van der Waals surface area contributed by atoms with Gasteiger partial charge >= 0.3 is 6.18 Å². The molecule has 0 radical (unpaired) electrons. The van der Waals surface area contributed by atoms with E-state index in [1.165, 1.54) is 6.07 Å². The first-order chi connectivity index (χ1) is 18.8. The molecule has 4 heterocycles. The second-order valence-corrected chi connectivity index (χ2v) is 11.5. The summed E-state index contributed by atoms with van der Waals surface area (Å²) in [6, 6.07) is 13.1. The molecule has 1 saturated heterocycles. The van der Waals surface area contributed by atoms with Gasteiger partial charge in [0.25, 0.3) is 0 Å². The zero-order valence-electron chi connectivity index (χ0n) is 21.2. The third-order valence-corrected chi connectivity index (χ3v) is 8.82. The Hall–Kier alpha value is -3.15. The van der Waals surface area contributed by atoms with Crippen molar-refractivity contribution in [2.24, 2.45) is 5.73 Å². The zero-order chi connectivity index (χ0) is 27.2. The van der Waals surface area contributed by atoms with E-state index in [-0.39, 0.29) is 11.9 Å². The number of halogens is 3. The van der Waals surface area contributed by atoms with Gasteiger partial charge in [0, 0.05) is 60.6 Å². The van der Waals surface area contributed by atoms with Gasteiger partial charge in [-0.05, 0) is 73.5 Å². The van der Waals surface area contributed by atoms with Crippen LogP contribution in [0.25, 0.3) is 11.1 Å². The summed E-state index contributed by atoms with van der Waals surface area (Å²) in [4.78, 5) is 24.4. The number of anilines is 2. The molecule has 1 spiro atoms. The number of benzene rings is 1. The van der Waals surface area contributed by atoms with Crippen molar-refractivity contribution in [3.8, 4) is 11.1 Å². The molecule has 1 aromatic carbocycles. The molecule has 2 aromatic heterocycles. The van der Waals surface area contributed by atoms with E-state index < -0.39 is 17.2 Å². The molecular formula is C28H29F3N6OS. The largest absolute Gasteiger partial charge is 0.417 e. The summed E-state index contributed by atoms with van der Waals surface area (Å²) in [5.74, 6) is 1.36.